The number of amides is 1. The molecule has 1 atom stereocenters. The fraction of sp³-hybridized carbons (Fsp3) is 0.500. The van der Waals surface area contributed by atoms with E-state index >= 15 is 0 Å². The topological polar surface area (TPSA) is 50.4 Å². The molecule has 3 aromatic rings. The Bertz CT molecular complexity index is 1120. The van der Waals surface area contributed by atoms with Crippen LogP contribution >= 0.6 is 0 Å². The number of carbonyl (C=O) groups is 1. The van der Waals surface area contributed by atoms with Gasteiger partial charge in [0.1, 0.15) is 0 Å². The van der Waals surface area contributed by atoms with Gasteiger partial charge in [0, 0.05) is 56.6 Å². The van der Waals surface area contributed by atoms with Crippen molar-refractivity contribution in [3.8, 4) is 5.69 Å². The zero-order chi connectivity index (χ0) is 25.2. The Morgan fingerprint density at radius 2 is 1.61 bits per heavy atom. The lowest BCUT2D eigenvalue weighted by Crippen LogP contribution is -2.58. The molecule has 36 heavy (non-hydrogen) atoms. The van der Waals surface area contributed by atoms with Crippen molar-refractivity contribution in [2.24, 2.45) is 5.92 Å². The molecule has 0 spiro atoms. The van der Waals surface area contributed by atoms with Crippen LogP contribution in [0.15, 0.2) is 73.3 Å². The molecule has 1 saturated carbocycles. The van der Waals surface area contributed by atoms with Gasteiger partial charge in [-0.25, -0.2) is 0 Å². The first-order valence-electron chi connectivity index (χ1n) is 13.6. The van der Waals surface area contributed by atoms with Crippen LogP contribution in [-0.4, -0.2) is 69.3 Å². The Kier molecular flexibility index (Phi) is 7.09. The summed E-state index contributed by atoms with van der Waals surface area (Å²) in [5.41, 5.74) is 0.539. The van der Waals surface area contributed by atoms with Crippen molar-refractivity contribution in [1.82, 2.24) is 14.0 Å². The molecular formula is C30H41N4O2+. The van der Waals surface area contributed by atoms with E-state index in [-0.39, 0.29) is 11.8 Å². The molecule has 1 aliphatic heterocycles. The van der Waals surface area contributed by atoms with Crippen LogP contribution in [0.5, 0.6) is 0 Å². The highest BCUT2D eigenvalue weighted by Gasteiger charge is 2.49. The maximum absolute atomic E-state index is 13.8. The quantitative estimate of drug-likeness (QED) is 0.476. The molecule has 5 rings (SSSR count). The summed E-state index contributed by atoms with van der Waals surface area (Å²) in [5.74, 6) is -0.0791. The van der Waals surface area contributed by atoms with Crippen LogP contribution in [0.2, 0.25) is 0 Å². The number of rotatable bonds is 8. The smallest absolute Gasteiger partial charge is 0.259 e. The molecule has 1 unspecified atom stereocenters. The first-order chi connectivity index (χ1) is 17.4. The molecule has 6 heteroatoms. The van der Waals surface area contributed by atoms with Gasteiger partial charge in [0.05, 0.1) is 38.9 Å². The molecular weight excluding hydrogens is 448 g/mol. The van der Waals surface area contributed by atoms with E-state index < -0.39 is 5.60 Å². The highest BCUT2D eigenvalue weighted by Crippen LogP contribution is 2.42. The Hall–Kier alpha value is -2.83. The number of aliphatic hydroxyl groups is 1. The Labute approximate surface area is 215 Å². The number of benzene rings is 1. The van der Waals surface area contributed by atoms with Crippen LogP contribution in [0.3, 0.4) is 0 Å². The summed E-state index contributed by atoms with van der Waals surface area (Å²) in [6.07, 6.45) is 14.5. The molecule has 1 aromatic carbocycles. The molecule has 1 aliphatic carbocycles. The summed E-state index contributed by atoms with van der Waals surface area (Å²) in [6, 6.07) is 16.4. The zero-order valence-corrected chi connectivity index (χ0v) is 21.8. The second-order valence-corrected chi connectivity index (χ2v) is 11.3. The second-order valence-electron chi connectivity index (χ2n) is 11.3. The lowest BCUT2D eigenvalue weighted by atomic mass is 9.78. The first kappa shape index (κ1) is 24.8. The van der Waals surface area contributed by atoms with Crippen molar-refractivity contribution in [1.29, 1.82) is 0 Å². The Balaban J connectivity index is 1.20. The molecule has 1 saturated heterocycles. The summed E-state index contributed by atoms with van der Waals surface area (Å²) in [5, 5.41) is 11.9. The number of piperidine rings is 1. The van der Waals surface area contributed by atoms with Gasteiger partial charge in [-0.2, -0.15) is 0 Å². The largest absolute Gasteiger partial charge is 0.375 e. The Morgan fingerprint density at radius 1 is 0.944 bits per heavy atom. The van der Waals surface area contributed by atoms with Crippen LogP contribution in [0, 0.1) is 5.92 Å². The summed E-state index contributed by atoms with van der Waals surface area (Å²) < 4.78 is 5.34. The van der Waals surface area contributed by atoms with Crippen LogP contribution in [0.25, 0.3) is 5.69 Å². The van der Waals surface area contributed by atoms with Crippen molar-refractivity contribution in [3.05, 3.63) is 78.9 Å². The zero-order valence-electron chi connectivity index (χ0n) is 21.8. The molecule has 0 bridgehead atoms. The van der Waals surface area contributed by atoms with Crippen molar-refractivity contribution < 1.29 is 14.4 Å². The molecule has 192 valence electrons. The number of hydrogen-bond acceptors (Lipinski definition) is 2. The fourth-order valence-corrected chi connectivity index (χ4v) is 6.36. The predicted molar refractivity (Wildman–Crippen MR) is 143 cm³/mol. The third-order valence-electron chi connectivity index (χ3n) is 8.80. The highest BCUT2D eigenvalue weighted by molar-refractivity contribution is 5.87. The number of likely N-dealkylation sites (N-methyl/N-ethyl adjacent to an activating group) is 1. The highest BCUT2D eigenvalue weighted by atomic mass is 16.3. The molecule has 1 N–H and O–H groups in total. The van der Waals surface area contributed by atoms with E-state index in [9.17, 15) is 9.90 Å². The van der Waals surface area contributed by atoms with Crippen LogP contribution in [-0.2, 0) is 16.9 Å². The molecule has 2 aliphatic rings. The van der Waals surface area contributed by atoms with E-state index in [1.54, 1.807) is 0 Å². The van der Waals surface area contributed by atoms with E-state index in [1.165, 1.54) is 5.69 Å². The molecule has 3 heterocycles. The van der Waals surface area contributed by atoms with Crippen molar-refractivity contribution in [2.75, 3.05) is 33.7 Å². The van der Waals surface area contributed by atoms with Crippen LogP contribution in [0.4, 0.5) is 0 Å². The van der Waals surface area contributed by atoms with Gasteiger partial charge < -0.3 is 23.6 Å². The SMILES string of the molecule is C[N+](C)(CCn1ccc(-n2cccc2)c1)C1CCN(C(=O)C(O)(c2ccccc2)C2CCCC2)CC1. The average molecular weight is 490 g/mol. The van der Waals surface area contributed by atoms with Gasteiger partial charge in [-0.15, -0.1) is 0 Å². The molecule has 0 radical (unpaired) electrons. The van der Waals surface area contributed by atoms with E-state index in [4.69, 9.17) is 0 Å². The molecule has 6 nitrogen and oxygen atoms in total. The van der Waals surface area contributed by atoms with E-state index in [0.29, 0.717) is 19.1 Å². The number of carbonyl (C=O) groups excluding carboxylic acids is 1. The number of aromatic nitrogens is 2. The van der Waals surface area contributed by atoms with Gasteiger partial charge >= 0.3 is 0 Å². The van der Waals surface area contributed by atoms with Gasteiger partial charge in [-0.3, -0.25) is 4.79 Å². The second kappa shape index (κ2) is 10.3. The van der Waals surface area contributed by atoms with Crippen LogP contribution in [0.1, 0.15) is 44.1 Å². The predicted octanol–water partition coefficient (Wildman–Crippen LogP) is 4.42. The Morgan fingerprint density at radius 3 is 2.28 bits per heavy atom. The summed E-state index contributed by atoms with van der Waals surface area (Å²) in [4.78, 5) is 15.8. The minimum absolute atomic E-state index is 0.00958. The molecule has 1 amide bonds. The van der Waals surface area contributed by atoms with Gasteiger partial charge in [-0.1, -0.05) is 43.2 Å². The third-order valence-corrected chi connectivity index (χ3v) is 8.80. The number of likely N-dealkylation sites (tertiary alicyclic amines) is 1. The average Bonchev–Trinajstić information content (AvgIpc) is 3.70. The van der Waals surface area contributed by atoms with E-state index in [0.717, 1.165) is 61.7 Å². The normalized spacial score (nSPS) is 19.5. The maximum atomic E-state index is 13.8. The van der Waals surface area contributed by atoms with Gasteiger partial charge in [0.2, 0.25) is 0 Å². The number of hydrogen-bond donors (Lipinski definition) is 1. The van der Waals surface area contributed by atoms with Gasteiger partial charge in [0.15, 0.2) is 5.60 Å². The molecule has 2 aromatic heterocycles. The lowest BCUT2D eigenvalue weighted by molar-refractivity contribution is -0.916. The number of nitrogens with zero attached hydrogens (tertiary/aromatic N) is 4. The first-order valence-corrected chi connectivity index (χ1v) is 13.6. The standard InChI is InChI=1S/C30H41N4O2/c1-34(2,23-22-31-19-14-27(24-31)32-17-8-9-18-32)28-15-20-33(21-16-28)29(35)30(36,26-12-6-7-13-26)25-10-4-3-5-11-25/h3-5,8-11,14,17-19,24,26,28,36H,6-7,12-13,15-16,20-23H2,1-2H3/q+1. The maximum Gasteiger partial charge on any atom is 0.259 e. The van der Waals surface area contributed by atoms with Gasteiger partial charge in [-0.05, 0) is 36.6 Å². The number of quaternary nitrogens is 1. The third kappa shape index (κ3) is 4.89. The van der Waals surface area contributed by atoms with E-state index in [1.807, 2.05) is 47.4 Å². The van der Waals surface area contributed by atoms with E-state index in [2.05, 4.69) is 54.1 Å². The van der Waals surface area contributed by atoms with Gasteiger partial charge in [0.25, 0.3) is 5.91 Å². The summed E-state index contributed by atoms with van der Waals surface area (Å²) in [7, 11) is 4.63. The molecule has 2 fully saturated rings. The monoisotopic (exact) mass is 489 g/mol. The lowest BCUT2D eigenvalue weighted by Gasteiger charge is -2.45. The summed E-state index contributed by atoms with van der Waals surface area (Å²) >= 11 is 0. The van der Waals surface area contributed by atoms with Crippen molar-refractivity contribution in [2.45, 2.75) is 56.7 Å². The minimum atomic E-state index is -1.40. The minimum Gasteiger partial charge on any atom is -0.375 e. The fourth-order valence-electron chi connectivity index (χ4n) is 6.36. The summed E-state index contributed by atoms with van der Waals surface area (Å²) in [6.45, 7) is 3.43. The van der Waals surface area contributed by atoms with Crippen molar-refractivity contribution >= 4 is 5.91 Å². The van der Waals surface area contributed by atoms with Crippen molar-refractivity contribution in [3.63, 3.8) is 0 Å². The van der Waals surface area contributed by atoms with Crippen LogP contribution < -0.4 is 0 Å².